The Morgan fingerprint density at radius 3 is 2.21 bits per heavy atom. The predicted molar refractivity (Wildman–Crippen MR) is 75.0 cm³/mol. The summed E-state index contributed by atoms with van der Waals surface area (Å²) in [7, 11) is 3.12. The fourth-order valence-corrected chi connectivity index (χ4v) is 1.98. The van der Waals surface area contributed by atoms with Crippen LogP contribution in [0.2, 0.25) is 0 Å². The van der Waals surface area contributed by atoms with Crippen molar-refractivity contribution in [3.8, 4) is 22.6 Å². The highest BCUT2D eigenvalue weighted by Gasteiger charge is 2.13. The van der Waals surface area contributed by atoms with E-state index in [9.17, 15) is 4.39 Å². The number of halogens is 1. The molecule has 0 aliphatic carbocycles. The van der Waals surface area contributed by atoms with Crippen LogP contribution >= 0.6 is 0 Å². The topological polar surface area (TPSA) is 18.5 Å². The minimum Gasteiger partial charge on any atom is -0.493 e. The molecule has 2 nitrogen and oxygen atoms in total. The normalized spacial score (nSPS) is 10.1. The molecule has 0 unspecified atom stereocenters. The summed E-state index contributed by atoms with van der Waals surface area (Å²) in [4.78, 5) is 0. The molecule has 0 aromatic heterocycles. The van der Waals surface area contributed by atoms with Crippen LogP contribution in [-0.2, 0) is 0 Å². The highest BCUT2D eigenvalue weighted by Crippen LogP contribution is 2.37. The third kappa shape index (κ3) is 2.45. The number of hydrogen-bond acceptors (Lipinski definition) is 2. The largest absolute Gasteiger partial charge is 0.493 e. The highest BCUT2D eigenvalue weighted by molar-refractivity contribution is 5.78. The molecule has 19 heavy (non-hydrogen) atoms. The van der Waals surface area contributed by atoms with Crippen molar-refractivity contribution in [2.24, 2.45) is 0 Å². The minimum atomic E-state index is -0.280. The number of ether oxygens (including phenoxy) is 2. The lowest BCUT2D eigenvalue weighted by Gasteiger charge is -2.13. The van der Waals surface area contributed by atoms with Crippen molar-refractivity contribution >= 4 is 6.08 Å². The maximum atomic E-state index is 13.9. The first kappa shape index (κ1) is 13.1. The second-order valence-electron chi connectivity index (χ2n) is 3.98. The standard InChI is InChI=1S/C16H15FO2/c1-4-11-9-15(18-2)16(19-3)10-13(11)12-7-5-6-8-14(12)17/h4-10H,1H2,2-3H3. The molecule has 2 aromatic carbocycles. The van der Waals surface area contributed by atoms with Gasteiger partial charge in [0.15, 0.2) is 11.5 Å². The summed E-state index contributed by atoms with van der Waals surface area (Å²) < 4.78 is 24.4. The van der Waals surface area contributed by atoms with Gasteiger partial charge in [-0.1, -0.05) is 30.9 Å². The van der Waals surface area contributed by atoms with E-state index in [1.54, 1.807) is 50.6 Å². The van der Waals surface area contributed by atoms with Crippen LogP contribution in [0.3, 0.4) is 0 Å². The van der Waals surface area contributed by atoms with Crippen LogP contribution in [0, 0.1) is 5.82 Å². The molecule has 0 fully saturated rings. The van der Waals surface area contributed by atoms with Crippen LogP contribution in [0.1, 0.15) is 5.56 Å². The smallest absolute Gasteiger partial charge is 0.161 e. The summed E-state index contributed by atoms with van der Waals surface area (Å²) in [5.74, 6) is 0.877. The Hall–Kier alpha value is -2.29. The first-order valence-electron chi connectivity index (χ1n) is 5.84. The van der Waals surface area contributed by atoms with E-state index < -0.39 is 0 Å². The third-order valence-electron chi connectivity index (χ3n) is 2.94. The number of hydrogen-bond donors (Lipinski definition) is 0. The van der Waals surface area contributed by atoms with Crippen molar-refractivity contribution in [1.29, 1.82) is 0 Å². The molecule has 0 spiro atoms. The lowest BCUT2D eigenvalue weighted by Crippen LogP contribution is -1.94. The van der Waals surface area contributed by atoms with Gasteiger partial charge >= 0.3 is 0 Å². The van der Waals surface area contributed by atoms with E-state index in [4.69, 9.17) is 9.47 Å². The van der Waals surface area contributed by atoms with Crippen LogP contribution in [0.25, 0.3) is 17.2 Å². The van der Waals surface area contributed by atoms with E-state index in [-0.39, 0.29) is 5.82 Å². The molecule has 0 saturated carbocycles. The summed E-state index contributed by atoms with van der Waals surface area (Å²) in [6, 6.07) is 10.2. The summed E-state index contributed by atoms with van der Waals surface area (Å²) in [6.07, 6.45) is 1.67. The molecular formula is C16H15FO2. The lowest BCUT2D eigenvalue weighted by atomic mass is 9.98. The minimum absolute atomic E-state index is 0.280. The van der Waals surface area contributed by atoms with Gasteiger partial charge in [0.1, 0.15) is 5.82 Å². The molecule has 0 bridgehead atoms. The van der Waals surface area contributed by atoms with Gasteiger partial charge in [-0.25, -0.2) is 4.39 Å². The zero-order chi connectivity index (χ0) is 13.8. The first-order valence-corrected chi connectivity index (χ1v) is 5.84. The second kappa shape index (κ2) is 5.57. The van der Waals surface area contributed by atoms with Gasteiger partial charge in [0.25, 0.3) is 0 Å². The molecule has 2 rings (SSSR count). The Kier molecular flexibility index (Phi) is 3.85. The quantitative estimate of drug-likeness (QED) is 0.820. The van der Waals surface area contributed by atoms with Gasteiger partial charge in [0.05, 0.1) is 14.2 Å². The monoisotopic (exact) mass is 258 g/mol. The Labute approximate surface area is 112 Å². The molecule has 0 aliphatic rings. The van der Waals surface area contributed by atoms with E-state index in [1.807, 2.05) is 0 Å². The van der Waals surface area contributed by atoms with Crippen LogP contribution < -0.4 is 9.47 Å². The first-order chi connectivity index (χ1) is 9.21. The molecule has 2 aromatic rings. The second-order valence-corrected chi connectivity index (χ2v) is 3.98. The molecule has 0 heterocycles. The number of methoxy groups -OCH3 is 2. The van der Waals surface area contributed by atoms with E-state index in [0.29, 0.717) is 17.1 Å². The van der Waals surface area contributed by atoms with Gasteiger partial charge in [-0.05, 0) is 29.3 Å². The van der Waals surface area contributed by atoms with E-state index in [1.165, 1.54) is 6.07 Å². The maximum Gasteiger partial charge on any atom is 0.161 e. The van der Waals surface area contributed by atoms with E-state index >= 15 is 0 Å². The molecule has 98 valence electrons. The average Bonchev–Trinajstić information content (AvgIpc) is 2.46. The van der Waals surface area contributed by atoms with Gasteiger partial charge in [0, 0.05) is 5.56 Å². The van der Waals surface area contributed by atoms with Gasteiger partial charge in [-0.3, -0.25) is 0 Å². The summed E-state index contributed by atoms with van der Waals surface area (Å²) in [5, 5.41) is 0. The fourth-order valence-electron chi connectivity index (χ4n) is 1.98. The molecule has 0 saturated heterocycles. The molecular weight excluding hydrogens is 243 g/mol. The Bertz CT molecular complexity index is 606. The van der Waals surface area contributed by atoms with Crippen LogP contribution in [0.4, 0.5) is 4.39 Å². The zero-order valence-corrected chi connectivity index (χ0v) is 10.9. The lowest BCUT2D eigenvalue weighted by molar-refractivity contribution is 0.355. The number of rotatable bonds is 4. The third-order valence-corrected chi connectivity index (χ3v) is 2.94. The zero-order valence-electron chi connectivity index (χ0n) is 10.9. The van der Waals surface area contributed by atoms with Crippen LogP contribution in [0.5, 0.6) is 11.5 Å². The van der Waals surface area contributed by atoms with Crippen molar-refractivity contribution in [2.45, 2.75) is 0 Å². The Morgan fingerprint density at radius 2 is 1.63 bits per heavy atom. The number of benzene rings is 2. The molecule has 0 N–H and O–H groups in total. The van der Waals surface area contributed by atoms with Gasteiger partial charge < -0.3 is 9.47 Å². The predicted octanol–water partition coefficient (Wildman–Crippen LogP) is 4.15. The molecule has 0 amide bonds. The van der Waals surface area contributed by atoms with E-state index in [2.05, 4.69) is 6.58 Å². The van der Waals surface area contributed by atoms with Gasteiger partial charge in [-0.2, -0.15) is 0 Å². The van der Waals surface area contributed by atoms with Crippen molar-refractivity contribution < 1.29 is 13.9 Å². The summed E-state index contributed by atoms with van der Waals surface area (Å²) in [6.45, 7) is 3.76. The van der Waals surface area contributed by atoms with Gasteiger partial charge in [-0.15, -0.1) is 0 Å². The van der Waals surface area contributed by atoms with Crippen molar-refractivity contribution in [3.63, 3.8) is 0 Å². The molecule has 0 aliphatic heterocycles. The van der Waals surface area contributed by atoms with E-state index in [0.717, 1.165) is 11.1 Å². The highest BCUT2D eigenvalue weighted by atomic mass is 19.1. The van der Waals surface area contributed by atoms with Gasteiger partial charge in [0.2, 0.25) is 0 Å². The maximum absolute atomic E-state index is 13.9. The SMILES string of the molecule is C=Cc1cc(OC)c(OC)cc1-c1ccccc1F. The van der Waals surface area contributed by atoms with Crippen molar-refractivity contribution in [3.05, 3.63) is 54.4 Å². The Balaban J connectivity index is 2.69. The average molecular weight is 258 g/mol. The molecule has 0 radical (unpaired) electrons. The summed E-state index contributed by atoms with van der Waals surface area (Å²) in [5.41, 5.74) is 2.03. The molecule has 3 heteroatoms. The van der Waals surface area contributed by atoms with Crippen molar-refractivity contribution in [2.75, 3.05) is 14.2 Å². The summed E-state index contributed by atoms with van der Waals surface area (Å²) >= 11 is 0. The Morgan fingerprint density at radius 1 is 1.00 bits per heavy atom. The van der Waals surface area contributed by atoms with Crippen molar-refractivity contribution in [1.82, 2.24) is 0 Å². The fraction of sp³-hybridized carbons (Fsp3) is 0.125. The molecule has 0 atom stereocenters. The van der Waals surface area contributed by atoms with Crippen LogP contribution in [-0.4, -0.2) is 14.2 Å². The van der Waals surface area contributed by atoms with Crippen LogP contribution in [0.15, 0.2) is 43.0 Å².